The number of hydrogen-bond donors (Lipinski definition) is 2. The van der Waals surface area contributed by atoms with Crippen molar-refractivity contribution in [2.45, 2.75) is 32.5 Å². The number of benzene rings is 1. The van der Waals surface area contributed by atoms with Crippen molar-refractivity contribution in [2.75, 3.05) is 5.43 Å². The van der Waals surface area contributed by atoms with Gasteiger partial charge < -0.3 is 4.74 Å². The second-order valence-electron chi connectivity index (χ2n) is 4.94. The Morgan fingerprint density at radius 3 is 2.25 bits per heavy atom. The molecule has 112 valence electrons. The van der Waals surface area contributed by atoms with E-state index < -0.39 is 29.3 Å². The van der Waals surface area contributed by atoms with Crippen molar-refractivity contribution in [1.82, 2.24) is 5.43 Å². The molecule has 0 saturated carbocycles. The van der Waals surface area contributed by atoms with Crippen molar-refractivity contribution in [3.63, 3.8) is 0 Å². The number of carbonyl (C=O) groups excluding carboxylic acids is 1. The number of nitrogens with one attached hydrogen (secondary N) is 2. The van der Waals surface area contributed by atoms with Crippen LogP contribution in [-0.4, -0.2) is 11.7 Å². The van der Waals surface area contributed by atoms with Gasteiger partial charge in [0.15, 0.2) is 0 Å². The van der Waals surface area contributed by atoms with Gasteiger partial charge in [-0.15, -0.1) is 0 Å². The largest absolute Gasteiger partial charge is 0.443 e. The maximum absolute atomic E-state index is 13.4. The van der Waals surface area contributed by atoms with E-state index in [-0.39, 0.29) is 5.69 Å². The van der Waals surface area contributed by atoms with Gasteiger partial charge >= 0.3 is 12.3 Å². The lowest BCUT2D eigenvalue weighted by atomic mass is 10.2. The van der Waals surface area contributed by atoms with Crippen LogP contribution in [0.15, 0.2) is 18.2 Å². The summed E-state index contributed by atoms with van der Waals surface area (Å²) < 4.78 is 55.2. The molecule has 0 bridgehead atoms. The highest BCUT2D eigenvalue weighted by Crippen LogP contribution is 2.31. The smallest absolute Gasteiger partial charge is 0.426 e. The summed E-state index contributed by atoms with van der Waals surface area (Å²) in [4.78, 5) is 11.3. The number of amides is 1. The van der Waals surface area contributed by atoms with Crippen molar-refractivity contribution in [3.05, 3.63) is 29.6 Å². The summed E-state index contributed by atoms with van der Waals surface area (Å²) in [6, 6.07) is 1.90. The quantitative estimate of drug-likeness (QED) is 0.646. The Kier molecular flexibility index (Phi) is 4.46. The first-order chi connectivity index (χ1) is 8.99. The SMILES string of the molecule is CC(C)(C)OC(=O)NNc1ccc(C(F)(F)F)cc1F. The number of hydrazine groups is 1. The van der Waals surface area contributed by atoms with Crippen LogP contribution in [0, 0.1) is 5.82 Å². The molecule has 2 N–H and O–H groups in total. The van der Waals surface area contributed by atoms with Gasteiger partial charge in [0.1, 0.15) is 11.4 Å². The summed E-state index contributed by atoms with van der Waals surface area (Å²) in [5, 5.41) is 0. The molecule has 0 heterocycles. The molecular formula is C12H14F4N2O2. The van der Waals surface area contributed by atoms with Crippen molar-refractivity contribution < 1.29 is 27.1 Å². The van der Waals surface area contributed by atoms with Crippen LogP contribution in [0.5, 0.6) is 0 Å². The maximum Gasteiger partial charge on any atom is 0.426 e. The first-order valence-electron chi connectivity index (χ1n) is 5.61. The first-order valence-corrected chi connectivity index (χ1v) is 5.61. The van der Waals surface area contributed by atoms with Gasteiger partial charge in [-0.2, -0.15) is 13.2 Å². The Balaban J connectivity index is 2.68. The molecule has 0 atom stereocenters. The summed E-state index contributed by atoms with van der Waals surface area (Å²) >= 11 is 0. The summed E-state index contributed by atoms with van der Waals surface area (Å²) in [6.45, 7) is 4.89. The minimum absolute atomic E-state index is 0.302. The minimum Gasteiger partial charge on any atom is -0.443 e. The topological polar surface area (TPSA) is 50.4 Å². The van der Waals surface area contributed by atoms with Crippen molar-refractivity contribution in [1.29, 1.82) is 0 Å². The number of rotatable bonds is 2. The third-order valence-electron chi connectivity index (χ3n) is 1.99. The van der Waals surface area contributed by atoms with Gasteiger partial charge in [0, 0.05) is 0 Å². The van der Waals surface area contributed by atoms with Crippen LogP contribution in [0.4, 0.5) is 28.0 Å². The second kappa shape index (κ2) is 5.56. The maximum atomic E-state index is 13.4. The third-order valence-corrected chi connectivity index (χ3v) is 1.99. The molecule has 0 aromatic heterocycles. The van der Waals surface area contributed by atoms with Gasteiger partial charge in [0.2, 0.25) is 0 Å². The normalized spacial score (nSPS) is 11.9. The lowest BCUT2D eigenvalue weighted by Crippen LogP contribution is -2.36. The van der Waals surface area contributed by atoms with E-state index in [9.17, 15) is 22.4 Å². The number of halogens is 4. The fourth-order valence-electron chi connectivity index (χ4n) is 1.21. The van der Waals surface area contributed by atoms with Crippen LogP contribution in [0.25, 0.3) is 0 Å². The van der Waals surface area contributed by atoms with E-state index in [0.29, 0.717) is 12.1 Å². The average molecular weight is 294 g/mol. The van der Waals surface area contributed by atoms with E-state index in [1.807, 2.05) is 5.43 Å². The van der Waals surface area contributed by atoms with Crippen molar-refractivity contribution in [3.8, 4) is 0 Å². The van der Waals surface area contributed by atoms with Crippen LogP contribution in [0.2, 0.25) is 0 Å². The van der Waals surface area contributed by atoms with E-state index in [4.69, 9.17) is 4.74 Å². The van der Waals surface area contributed by atoms with Gasteiger partial charge in [-0.1, -0.05) is 0 Å². The summed E-state index contributed by atoms with van der Waals surface area (Å²) in [7, 11) is 0. The van der Waals surface area contributed by atoms with Gasteiger partial charge in [-0.3, -0.25) is 5.43 Å². The molecule has 1 rings (SSSR count). The predicted molar refractivity (Wildman–Crippen MR) is 64.4 cm³/mol. The first kappa shape index (κ1) is 16.1. The fraction of sp³-hybridized carbons (Fsp3) is 0.417. The number of carbonyl (C=O) groups is 1. The lowest BCUT2D eigenvalue weighted by Gasteiger charge is -2.20. The van der Waals surface area contributed by atoms with Crippen LogP contribution in [0.3, 0.4) is 0 Å². The van der Waals surface area contributed by atoms with Crippen LogP contribution >= 0.6 is 0 Å². The average Bonchev–Trinajstić information content (AvgIpc) is 2.23. The molecule has 0 aliphatic heterocycles. The summed E-state index contributed by atoms with van der Waals surface area (Å²) in [5.41, 5.74) is 2.01. The van der Waals surface area contributed by atoms with Crippen LogP contribution in [0.1, 0.15) is 26.3 Å². The standard InChI is InChI=1S/C12H14F4N2O2/c1-11(2,3)20-10(19)18-17-9-5-4-7(6-8(9)13)12(14,15)16/h4-6,17H,1-3H3,(H,18,19). The zero-order valence-corrected chi connectivity index (χ0v) is 11.1. The molecule has 1 aromatic rings. The van der Waals surface area contributed by atoms with Crippen LogP contribution in [-0.2, 0) is 10.9 Å². The minimum atomic E-state index is -4.63. The van der Waals surface area contributed by atoms with E-state index in [2.05, 4.69) is 5.43 Å². The Morgan fingerprint density at radius 1 is 1.20 bits per heavy atom. The number of hydrogen-bond acceptors (Lipinski definition) is 3. The van der Waals surface area contributed by atoms with E-state index in [0.717, 1.165) is 6.07 Å². The van der Waals surface area contributed by atoms with Crippen molar-refractivity contribution in [2.24, 2.45) is 0 Å². The number of ether oxygens (including phenoxy) is 1. The molecular weight excluding hydrogens is 280 g/mol. The van der Waals surface area contributed by atoms with Crippen molar-refractivity contribution >= 4 is 11.8 Å². The highest BCUT2D eigenvalue weighted by atomic mass is 19.4. The summed E-state index contributed by atoms with van der Waals surface area (Å²) in [5.74, 6) is -1.14. The summed E-state index contributed by atoms with van der Waals surface area (Å²) in [6.07, 6.45) is -5.50. The highest BCUT2D eigenvalue weighted by Gasteiger charge is 2.31. The van der Waals surface area contributed by atoms with Gasteiger partial charge in [0.25, 0.3) is 0 Å². The second-order valence-corrected chi connectivity index (χ2v) is 4.94. The van der Waals surface area contributed by atoms with E-state index >= 15 is 0 Å². The zero-order valence-electron chi connectivity index (χ0n) is 11.1. The molecule has 1 amide bonds. The highest BCUT2D eigenvalue weighted by molar-refractivity contribution is 5.69. The van der Waals surface area contributed by atoms with Gasteiger partial charge in [-0.05, 0) is 39.0 Å². The van der Waals surface area contributed by atoms with Gasteiger partial charge in [-0.25, -0.2) is 14.6 Å². The Hall–Kier alpha value is -1.99. The van der Waals surface area contributed by atoms with E-state index in [1.165, 1.54) is 0 Å². The zero-order chi connectivity index (χ0) is 15.6. The fourth-order valence-corrected chi connectivity index (χ4v) is 1.21. The Bertz CT molecular complexity index is 495. The molecule has 1 aromatic carbocycles. The molecule has 0 radical (unpaired) electrons. The monoisotopic (exact) mass is 294 g/mol. The van der Waals surface area contributed by atoms with Gasteiger partial charge in [0.05, 0.1) is 11.3 Å². The molecule has 0 aliphatic rings. The molecule has 20 heavy (non-hydrogen) atoms. The molecule has 0 saturated heterocycles. The third kappa shape index (κ3) is 4.94. The molecule has 0 spiro atoms. The number of anilines is 1. The molecule has 0 aliphatic carbocycles. The Morgan fingerprint density at radius 2 is 1.80 bits per heavy atom. The number of alkyl halides is 3. The van der Waals surface area contributed by atoms with E-state index in [1.54, 1.807) is 20.8 Å². The molecule has 8 heteroatoms. The molecule has 0 fully saturated rings. The lowest BCUT2D eigenvalue weighted by molar-refractivity contribution is -0.137. The molecule has 0 unspecified atom stereocenters. The predicted octanol–water partition coefficient (Wildman–Crippen LogP) is 3.70. The van der Waals surface area contributed by atoms with Crippen LogP contribution < -0.4 is 10.9 Å². The Labute approximate surface area is 113 Å². The molecule has 4 nitrogen and oxygen atoms in total.